The Bertz CT molecular complexity index is 812. The molecule has 136 valence electrons. The number of carbonyl (C=O) groups excluding carboxylic acids is 2. The number of non-ortho nitro benzene ring substituents is 1. The van der Waals surface area contributed by atoms with E-state index < -0.39 is 29.5 Å². The zero-order valence-corrected chi connectivity index (χ0v) is 14.4. The van der Waals surface area contributed by atoms with Crippen molar-refractivity contribution in [1.82, 2.24) is 0 Å². The van der Waals surface area contributed by atoms with Gasteiger partial charge in [-0.1, -0.05) is 29.8 Å². The summed E-state index contributed by atoms with van der Waals surface area (Å²) in [6.45, 7) is 0.953. The molecular formula is C17H15ClN2O6. The summed E-state index contributed by atoms with van der Waals surface area (Å²) < 4.78 is 10.3. The minimum atomic E-state index is -0.895. The number of nitrogens with zero attached hydrogens (tertiary/aromatic N) is 1. The van der Waals surface area contributed by atoms with Crippen molar-refractivity contribution < 1.29 is 24.0 Å². The molecule has 0 aliphatic carbocycles. The van der Waals surface area contributed by atoms with Crippen molar-refractivity contribution in [2.24, 2.45) is 0 Å². The number of ether oxygens (including phenoxy) is 2. The third-order valence-electron chi connectivity index (χ3n) is 3.17. The maximum absolute atomic E-state index is 11.9. The standard InChI is InChI=1S/C17H15ClN2O6/c1-11(26-13-5-3-2-4-6-13)17(22)25-10-16(21)19-15-8-7-12(20(23)24)9-14(15)18/h2-9,11H,10H2,1H3,(H,19,21)/t11-/m0/s1. The molecule has 2 aromatic rings. The molecule has 2 aromatic carbocycles. The molecule has 0 unspecified atom stereocenters. The molecule has 0 heterocycles. The van der Waals surface area contributed by atoms with E-state index in [9.17, 15) is 19.7 Å². The van der Waals surface area contributed by atoms with Gasteiger partial charge in [0.15, 0.2) is 12.7 Å². The quantitative estimate of drug-likeness (QED) is 0.450. The van der Waals surface area contributed by atoms with E-state index in [1.54, 1.807) is 24.3 Å². The summed E-state index contributed by atoms with van der Waals surface area (Å²) >= 11 is 5.87. The van der Waals surface area contributed by atoms with E-state index in [1.165, 1.54) is 19.1 Å². The van der Waals surface area contributed by atoms with Crippen molar-refractivity contribution in [2.75, 3.05) is 11.9 Å². The van der Waals surface area contributed by atoms with Crippen LogP contribution >= 0.6 is 11.6 Å². The SMILES string of the molecule is C[C@H](Oc1ccccc1)C(=O)OCC(=O)Nc1ccc([N+](=O)[O-])cc1Cl. The van der Waals surface area contributed by atoms with Crippen molar-refractivity contribution in [2.45, 2.75) is 13.0 Å². The molecular weight excluding hydrogens is 364 g/mol. The van der Waals surface area contributed by atoms with Gasteiger partial charge in [0, 0.05) is 12.1 Å². The maximum Gasteiger partial charge on any atom is 0.347 e. The van der Waals surface area contributed by atoms with Crippen molar-refractivity contribution in [3.63, 3.8) is 0 Å². The van der Waals surface area contributed by atoms with E-state index in [2.05, 4.69) is 5.32 Å². The summed E-state index contributed by atoms with van der Waals surface area (Å²) in [4.78, 5) is 33.8. The topological polar surface area (TPSA) is 108 Å². The Balaban J connectivity index is 1.84. The normalized spacial score (nSPS) is 11.3. The van der Waals surface area contributed by atoms with Gasteiger partial charge in [0.1, 0.15) is 5.75 Å². The van der Waals surface area contributed by atoms with Crippen LogP contribution in [0.3, 0.4) is 0 Å². The van der Waals surface area contributed by atoms with Crippen molar-refractivity contribution in [3.05, 3.63) is 63.7 Å². The third kappa shape index (κ3) is 5.45. The molecule has 0 fully saturated rings. The van der Waals surface area contributed by atoms with Crippen LogP contribution in [0.15, 0.2) is 48.5 Å². The van der Waals surface area contributed by atoms with Gasteiger partial charge in [-0.2, -0.15) is 0 Å². The summed E-state index contributed by atoms with van der Waals surface area (Å²) in [6.07, 6.45) is -0.895. The molecule has 0 aliphatic rings. The molecule has 0 saturated carbocycles. The second kappa shape index (κ2) is 8.82. The van der Waals surface area contributed by atoms with Gasteiger partial charge >= 0.3 is 5.97 Å². The lowest BCUT2D eigenvalue weighted by atomic mass is 10.3. The minimum absolute atomic E-state index is 0.000319. The second-order valence-corrected chi connectivity index (χ2v) is 5.56. The van der Waals surface area contributed by atoms with Crippen LogP contribution < -0.4 is 10.1 Å². The van der Waals surface area contributed by atoms with Gasteiger partial charge in [0.05, 0.1) is 15.6 Å². The minimum Gasteiger partial charge on any atom is -0.479 e. The summed E-state index contributed by atoms with van der Waals surface area (Å²) in [5.41, 5.74) is -0.0294. The maximum atomic E-state index is 11.9. The lowest BCUT2D eigenvalue weighted by Gasteiger charge is -2.14. The van der Waals surface area contributed by atoms with Gasteiger partial charge in [0.25, 0.3) is 11.6 Å². The van der Waals surface area contributed by atoms with Crippen LogP contribution in [0.2, 0.25) is 5.02 Å². The lowest BCUT2D eigenvalue weighted by molar-refractivity contribution is -0.384. The van der Waals surface area contributed by atoms with Crippen molar-refractivity contribution in [1.29, 1.82) is 0 Å². The van der Waals surface area contributed by atoms with Gasteiger partial charge in [-0.3, -0.25) is 14.9 Å². The highest BCUT2D eigenvalue weighted by Gasteiger charge is 2.18. The highest BCUT2D eigenvalue weighted by molar-refractivity contribution is 6.34. The molecule has 2 rings (SSSR count). The predicted molar refractivity (Wildman–Crippen MR) is 94.2 cm³/mol. The van der Waals surface area contributed by atoms with E-state index in [1.807, 2.05) is 6.07 Å². The highest BCUT2D eigenvalue weighted by Crippen LogP contribution is 2.26. The van der Waals surface area contributed by atoms with Crippen molar-refractivity contribution in [3.8, 4) is 5.75 Å². The molecule has 0 spiro atoms. The first-order valence-electron chi connectivity index (χ1n) is 7.49. The average molecular weight is 379 g/mol. The van der Waals surface area contributed by atoms with Crippen LogP contribution in [0.1, 0.15) is 6.92 Å². The first kappa shape index (κ1) is 19.2. The first-order valence-corrected chi connectivity index (χ1v) is 7.86. The number of anilines is 1. The van der Waals surface area contributed by atoms with E-state index in [4.69, 9.17) is 21.1 Å². The third-order valence-corrected chi connectivity index (χ3v) is 3.48. The smallest absolute Gasteiger partial charge is 0.347 e. The molecule has 9 heteroatoms. The summed E-state index contributed by atoms with van der Waals surface area (Å²) in [5.74, 6) is -0.848. The number of amides is 1. The van der Waals surface area contributed by atoms with Crippen LogP contribution in [0.25, 0.3) is 0 Å². The number of halogens is 1. The predicted octanol–water partition coefficient (Wildman–Crippen LogP) is 3.20. The Morgan fingerprint density at radius 3 is 2.54 bits per heavy atom. The molecule has 0 aromatic heterocycles. The largest absolute Gasteiger partial charge is 0.479 e. The van der Waals surface area contributed by atoms with Gasteiger partial charge in [-0.25, -0.2) is 4.79 Å². The first-order chi connectivity index (χ1) is 12.4. The van der Waals surface area contributed by atoms with Gasteiger partial charge in [0.2, 0.25) is 0 Å². The van der Waals surface area contributed by atoms with Crippen LogP contribution in [-0.4, -0.2) is 29.5 Å². The Kier molecular flexibility index (Phi) is 6.51. The van der Waals surface area contributed by atoms with Gasteiger partial charge < -0.3 is 14.8 Å². The molecule has 8 nitrogen and oxygen atoms in total. The number of benzene rings is 2. The monoisotopic (exact) mass is 378 g/mol. The number of hydrogen-bond acceptors (Lipinski definition) is 6. The van der Waals surface area contributed by atoms with E-state index in [0.717, 1.165) is 6.07 Å². The molecule has 0 bridgehead atoms. The van der Waals surface area contributed by atoms with E-state index in [-0.39, 0.29) is 16.4 Å². The fourth-order valence-electron chi connectivity index (χ4n) is 1.91. The van der Waals surface area contributed by atoms with E-state index in [0.29, 0.717) is 5.75 Å². The molecule has 1 atom stereocenters. The fourth-order valence-corrected chi connectivity index (χ4v) is 2.13. The summed E-state index contributed by atoms with van der Waals surface area (Å²) in [5, 5.41) is 13.1. The summed E-state index contributed by atoms with van der Waals surface area (Å²) in [6, 6.07) is 12.3. The summed E-state index contributed by atoms with van der Waals surface area (Å²) in [7, 11) is 0. The molecule has 1 N–H and O–H groups in total. The molecule has 26 heavy (non-hydrogen) atoms. The average Bonchev–Trinajstić information content (AvgIpc) is 2.62. The number of nitrogens with one attached hydrogen (secondary N) is 1. The second-order valence-electron chi connectivity index (χ2n) is 5.15. The number of hydrogen-bond donors (Lipinski definition) is 1. The number of nitro groups is 1. The number of para-hydroxylation sites is 1. The van der Waals surface area contributed by atoms with Gasteiger partial charge in [-0.15, -0.1) is 0 Å². The number of rotatable bonds is 7. The zero-order chi connectivity index (χ0) is 19.1. The molecule has 0 aliphatic heterocycles. The molecule has 0 radical (unpaired) electrons. The Hall–Kier alpha value is -3.13. The lowest BCUT2D eigenvalue weighted by Crippen LogP contribution is -2.29. The van der Waals surface area contributed by atoms with Crippen molar-refractivity contribution >= 4 is 34.9 Å². The highest BCUT2D eigenvalue weighted by atomic mass is 35.5. The fraction of sp³-hybridized carbons (Fsp3) is 0.176. The Morgan fingerprint density at radius 2 is 1.92 bits per heavy atom. The number of esters is 1. The van der Waals surface area contributed by atoms with Crippen LogP contribution in [0.5, 0.6) is 5.75 Å². The Labute approximate surface area is 153 Å². The van der Waals surface area contributed by atoms with Gasteiger partial charge in [-0.05, 0) is 25.1 Å². The van der Waals surface area contributed by atoms with Crippen LogP contribution in [0, 0.1) is 10.1 Å². The molecule has 1 amide bonds. The zero-order valence-electron chi connectivity index (χ0n) is 13.7. The van der Waals surface area contributed by atoms with Crippen LogP contribution in [-0.2, 0) is 14.3 Å². The number of carbonyl (C=O) groups is 2. The Morgan fingerprint density at radius 1 is 1.23 bits per heavy atom. The molecule has 0 saturated heterocycles. The van der Waals surface area contributed by atoms with Crippen LogP contribution in [0.4, 0.5) is 11.4 Å². The number of nitro benzene ring substituents is 1. The van der Waals surface area contributed by atoms with E-state index >= 15 is 0 Å².